The molecular weight excluding hydrogens is 470 g/mol. The molecule has 1 aliphatic rings. The van der Waals surface area contributed by atoms with Crippen LogP contribution in [-0.4, -0.2) is 44.8 Å². The molecule has 0 bridgehead atoms. The van der Waals surface area contributed by atoms with Crippen molar-refractivity contribution < 1.29 is 22.6 Å². The van der Waals surface area contributed by atoms with Gasteiger partial charge in [-0.25, -0.2) is 8.42 Å². The van der Waals surface area contributed by atoms with Crippen LogP contribution < -0.4 is 14.2 Å². The minimum atomic E-state index is -3.99. The van der Waals surface area contributed by atoms with Gasteiger partial charge in [0.15, 0.2) is 10.6 Å². The van der Waals surface area contributed by atoms with Gasteiger partial charge in [-0.05, 0) is 61.2 Å². The normalized spacial score (nSPS) is 17.0. The fourth-order valence-electron chi connectivity index (χ4n) is 3.68. The van der Waals surface area contributed by atoms with Gasteiger partial charge in [0.05, 0.1) is 13.1 Å². The summed E-state index contributed by atoms with van der Waals surface area (Å²) in [6.45, 7) is 2.09. The van der Waals surface area contributed by atoms with Gasteiger partial charge in [-0.3, -0.25) is 0 Å². The summed E-state index contributed by atoms with van der Waals surface area (Å²) in [5.74, 6) is 4.04. The summed E-state index contributed by atoms with van der Waals surface area (Å²) in [4.78, 5) is 1.08. The highest BCUT2D eigenvalue weighted by Gasteiger charge is 2.37. The molecule has 0 amide bonds. The lowest BCUT2D eigenvalue weighted by molar-refractivity contribution is 0.114. The molecule has 0 saturated carbocycles. The van der Waals surface area contributed by atoms with Crippen LogP contribution in [0.25, 0.3) is 0 Å². The lowest BCUT2D eigenvalue weighted by atomic mass is 10.2. The lowest BCUT2D eigenvalue weighted by Gasteiger charge is -2.21. The molecule has 0 radical (unpaired) electrons. The molecule has 0 saturated heterocycles. The third-order valence-electron chi connectivity index (χ3n) is 5.28. The molecule has 1 heterocycles. The van der Waals surface area contributed by atoms with E-state index < -0.39 is 16.1 Å². The highest BCUT2D eigenvalue weighted by Crippen LogP contribution is 2.40. The van der Waals surface area contributed by atoms with Crippen LogP contribution in [0.5, 0.6) is 23.0 Å². The molecule has 0 spiro atoms. The predicted octanol–water partition coefficient (Wildman–Crippen LogP) is 4.97. The third kappa shape index (κ3) is 5.17. The maximum absolute atomic E-state index is 13.6. The maximum atomic E-state index is 13.6. The maximum Gasteiger partial charge on any atom is 0.251 e. The van der Waals surface area contributed by atoms with Crippen LogP contribution in [0.4, 0.5) is 0 Å². The van der Waals surface area contributed by atoms with Gasteiger partial charge in [-0.2, -0.15) is 4.31 Å². The van der Waals surface area contributed by atoms with Crippen molar-refractivity contribution in [2.45, 2.75) is 22.8 Å². The molecule has 0 N–H and O–H groups in total. The highest BCUT2D eigenvalue weighted by atomic mass is 32.2. The van der Waals surface area contributed by atoms with Crippen molar-refractivity contribution in [2.24, 2.45) is 0 Å². The quantitative estimate of drug-likeness (QED) is 0.341. The molecule has 1 atom stereocenters. The molecule has 34 heavy (non-hydrogen) atoms. The topological polar surface area (TPSA) is 65.1 Å². The Morgan fingerprint density at radius 1 is 1.12 bits per heavy atom. The number of benzene rings is 3. The summed E-state index contributed by atoms with van der Waals surface area (Å²) in [7, 11) is -3.99. The Morgan fingerprint density at radius 3 is 2.62 bits per heavy atom. The lowest BCUT2D eigenvalue weighted by Crippen LogP contribution is -2.40. The molecule has 3 aromatic carbocycles. The van der Waals surface area contributed by atoms with Gasteiger partial charge in [0, 0.05) is 4.90 Å². The monoisotopic (exact) mass is 495 g/mol. The molecule has 176 valence electrons. The van der Waals surface area contributed by atoms with Crippen molar-refractivity contribution in [2.75, 3.05) is 26.0 Å². The highest BCUT2D eigenvalue weighted by molar-refractivity contribution is 7.98. The van der Waals surface area contributed by atoms with Crippen molar-refractivity contribution in [3.8, 4) is 35.3 Å². The first-order valence-electron chi connectivity index (χ1n) is 10.7. The number of rotatable bonds is 7. The van der Waals surface area contributed by atoms with Crippen molar-refractivity contribution in [3.63, 3.8) is 0 Å². The third-order valence-corrected chi connectivity index (χ3v) is 8.06. The number of para-hydroxylation sites is 1. The first kappa shape index (κ1) is 24.0. The van der Waals surface area contributed by atoms with Gasteiger partial charge in [0.2, 0.25) is 0 Å². The minimum Gasteiger partial charge on any atom is -0.490 e. The first-order valence-corrected chi connectivity index (χ1v) is 13.3. The summed E-state index contributed by atoms with van der Waals surface area (Å²) < 4.78 is 46.5. The second kappa shape index (κ2) is 10.4. The predicted molar refractivity (Wildman–Crippen MR) is 133 cm³/mol. The summed E-state index contributed by atoms with van der Waals surface area (Å²) in [6, 6.07) is 19.9. The van der Waals surface area contributed by atoms with Gasteiger partial charge in [0.25, 0.3) is 10.0 Å². The van der Waals surface area contributed by atoms with E-state index >= 15 is 0 Å². The Labute approximate surface area is 204 Å². The SMILES string of the molecule is C#CCN1CC(COc2ccccc2)Oc2cccc(Oc3ccc(SC)c(C)c3)c2S1(=O)=O. The fourth-order valence-corrected chi connectivity index (χ4v) is 5.86. The molecule has 1 aliphatic heterocycles. The average Bonchev–Trinajstić information content (AvgIpc) is 2.93. The van der Waals surface area contributed by atoms with Crippen molar-refractivity contribution in [3.05, 3.63) is 72.3 Å². The van der Waals surface area contributed by atoms with E-state index in [1.54, 1.807) is 30.0 Å². The van der Waals surface area contributed by atoms with Crippen LogP contribution in [0.3, 0.4) is 0 Å². The number of hydrogen-bond acceptors (Lipinski definition) is 6. The Morgan fingerprint density at radius 2 is 1.91 bits per heavy atom. The number of sulfonamides is 1. The van der Waals surface area contributed by atoms with Crippen LogP contribution >= 0.6 is 11.8 Å². The van der Waals surface area contributed by atoms with Crippen LogP contribution in [0.15, 0.2) is 76.5 Å². The number of terminal acetylenes is 1. The van der Waals surface area contributed by atoms with Crippen LogP contribution in [-0.2, 0) is 10.0 Å². The first-order chi connectivity index (χ1) is 16.4. The number of aryl methyl sites for hydroxylation is 1. The standard InChI is InChI=1S/C26H25NO5S2/c1-4-15-27-17-22(18-30-20-9-6-5-7-10-20)32-24-12-8-11-23(26(24)34(27,28)29)31-21-13-14-25(33-3)19(2)16-21/h1,5-14,16,22H,15,17-18H2,2-3H3. The van der Waals surface area contributed by atoms with Gasteiger partial charge in [-0.15, -0.1) is 18.2 Å². The number of hydrogen-bond donors (Lipinski definition) is 0. The second-order valence-electron chi connectivity index (χ2n) is 7.68. The molecular formula is C26H25NO5S2. The van der Waals surface area contributed by atoms with E-state index in [9.17, 15) is 8.42 Å². The van der Waals surface area contributed by atoms with Crippen LogP contribution in [0, 0.1) is 19.3 Å². The zero-order chi connectivity index (χ0) is 24.1. The van der Waals surface area contributed by atoms with Crippen molar-refractivity contribution in [1.82, 2.24) is 4.31 Å². The van der Waals surface area contributed by atoms with E-state index in [0.717, 1.165) is 10.5 Å². The Balaban J connectivity index is 1.69. The van der Waals surface area contributed by atoms with E-state index in [-0.39, 0.29) is 36.1 Å². The van der Waals surface area contributed by atoms with Crippen LogP contribution in [0.2, 0.25) is 0 Å². The van der Waals surface area contributed by atoms with Gasteiger partial charge >= 0.3 is 0 Å². The van der Waals surface area contributed by atoms with E-state index in [1.165, 1.54) is 4.31 Å². The molecule has 3 aromatic rings. The van der Waals surface area contributed by atoms with Crippen LogP contribution in [0.1, 0.15) is 5.56 Å². The Kier molecular flexibility index (Phi) is 7.37. The molecule has 6 nitrogen and oxygen atoms in total. The molecule has 4 rings (SSSR count). The Bertz CT molecular complexity index is 1300. The number of nitrogens with zero attached hydrogens (tertiary/aromatic N) is 1. The van der Waals surface area contributed by atoms with Gasteiger partial charge in [-0.1, -0.05) is 30.2 Å². The zero-order valence-electron chi connectivity index (χ0n) is 18.9. The summed E-state index contributed by atoms with van der Waals surface area (Å²) in [6.07, 6.45) is 6.94. The Hall–Kier alpha value is -3.12. The smallest absolute Gasteiger partial charge is 0.251 e. The number of fused-ring (bicyclic) bond motifs is 1. The van der Waals surface area contributed by atoms with Gasteiger partial charge < -0.3 is 14.2 Å². The number of ether oxygens (including phenoxy) is 3. The van der Waals surface area contributed by atoms with Crippen molar-refractivity contribution >= 4 is 21.8 Å². The second-order valence-corrected chi connectivity index (χ2v) is 10.4. The molecule has 8 heteroatoms. The summed E-state index contributed by atoms with van der Waals surface area (Å²) in [5.41, 5.74) is 1.04. The largest absolute Gasteiger partial charge is 0.490 e. The van der Waals surface area contributed by atoms with E-state index in [4.69, 9.17) is 20.6 Å². The zero-order valence-corrected chi connectivity index (χ0v) is 20.6. The molecule has 0 aromatic heterocycles. The number of thioether (sulfide) groups is 1. The van der Waals surface area contributed by atoms with E-state index in [1.807, 2.05) is 61.7 Å². The van der Waals surface area contributed by atoms with E-state index in [0.29, 0.717) is 11.5 Å². The summed E-state index contributed by atoms with van der Waals surface area (Å²) in [5, 5.41) is 0. The summed E-state index contributed by atoms with van der Waals surface area (Å²) >= 11 is 1.64. The fraction of sp³-hybridized carbons (Fsp3) is 0.231. The van der Waals surface area contributed by atoms with E-state index in [2.05, 4.69) is 5.92 Å². The minimum absolute atomic E-state index is 0.0425. The molecule has 0 aliphatic carbocycles. The molecule has 0 fully saturated rings. The van der Waals surface area contributed by atoms with Gasteiger partial charge in [0.1, 0.15) is 30.0 Å². The molecule has 1 unspecified atom stereocenters. The van der Waals surface area contributed by atoms with Crippen molar-refractivity contribution in [1.29, 1.82) is 0 Å². The average molecular weight is 496 g/mol.